The van der Waals surface area contributed by atoms with E-state index < -0.39 is 24.4 Å². The van der Waals surface area contributed by atoms with E-state index in [0.717, 1.165) is 12.1 Å². The van der Waals surface area contributed by atoms with Crippen LogP contribution in [0.4, 0.5) is 13.2 Å². The second-order valence-electron chi connectivity index (χ2n) is 6.62. The number of hydrogen-bond acceptors (Lipinski definition) is 8. The van der Waals surface area contributed by atoms with Gasteiger partial charge in [0.05, 0.1) is 29.7 Å². The summed E-state index contributed by atoms with van der Waals surface area (Å²) in [6.45, 7) is 0.0146. The van der Waals surface area contributed by atoms with Crippen LogP contribution in [0.15, 0.2) is 34.0 Å². The molecule has 170 valence electrons. The Hall–Kier alpha value is -3.18. The quantitative estimate of drug-likeness (QED) is 0.265. The normalized spacial score (nSPS) is 14.4. The number of aldehydes is 1. The third-order valence-corrected chi connectivity index (χ3v) is 4.92. The molecule has 0 atom stereocenters. The molecule has 1 aliphatic rings. The van der Waals surface area contributed by atoms with E-state index in [1.54, 1.807) is 11.9 Å². The highest BCUT2D eigenvalue weighted by molar-refractivity contribution is 6.40. The summed E-state index contributed by atoms with van der Waals surface area (Å²) in [5, 5.41) is 13.4. The highest BCUT2D eigenvalue weighted by atomic mass is 35.5. The van der Waals surface area contributed by atoms with Crippen LogP contribution >= 0.6 is 11.6 Å². The molecule has 0 saturated carbocycles. The van der Waals surface area contributed by atoms with Crippen LogP contribution < -0.4 is 10.2 Å². The highest BCUT2D eigenvalue weighted by Crippen LogP contribution is 2.35. The number of halogens is 4. The first-order chi connectivity index (χ1) is 15.4. The molecule has 0 spiro atoms. The van der Waals surface area contributed by atoms with E-state index in [2.05, 4.69) is 20.5 Å². The van der Waals surface area contributed by atoms with E-state index in [-0.39, 0.29) is 29.0 Å². The number of aliphatic hydroxyl groups is 1. The fourth-order valence-electron chi connectivity index (χ4n) is 3.17. The van der Waals surface area contributed by atoms with Crippen LogP contribution in [-0.2, 0) is 24.4 Å². The van der Waals surface area contributed by atoms with Crippen LogP contribution in [-0.4, -0.2) is 46.1 Å². The number of nitrogens with zero attached hydrogens (tertiary/aromatic N) is 4. The topological polar surface area (TPSA) is 99.9 Å². The largest absolute Gasteiger partial charge is 0.438 e. The Morgan fingerprint density at radius 1 is 1.44 bits per heavy atom. The molecule has 32 heavy (non-hydrogen) atoms. The van der Waals surface area contributed by atoms with E-state index in [9.17, 15) is 23.1 Å². The number of fused-ring (bicyclic) bond motifs is 1. The summed E-state index contributed by atoms with van der Waals surface area (Å²) in [7, 11) is 1.59. The van der Waals surface area contributed by atoms with Crippen molar-refractivity contribution in [2.75, 3.05) is 13.6 Å². The third kappa shape index (κ3) is 5.17. The molecular weight excluding hydrogens is 451 g/mol. The maximum Gasteiger partial charge on any atom is 0.267 e. The van der Waals surface area contributed by atoms with Gasteiger partial charge in [-0.05, 0) is 24.6 Å². The second kappa shape index (κ2) is 10.4. The molecule has 8 nitrogen and oxygen atoms in total. The smallest absolute Gasteiger partial charge is 0.267 e. The third-order valence-electron chi connectivity index (χ3n) is 4.63. The number of rotatable bonds is 8. The Bertz CT molecular complexity index is 1070. The molecule has 0 saturated heterocycles. The molecule has 1 aromatic carbocycles. The van der Waals surface area contributed by atoms with Gasteiger partial charge in [-0.25, -0.2) is 18.2 Å². The molecule has 1 aromatic heterocycles. The highest BCUT2D eigenvalue weighted by Gasteiger charge is 2.26. The van der Waals surface area contributed by atoms with Crippen LogP contribution in [0.1, 0.15) is 29.1 Å². The van der Waals surface area contributed by atoms with E-state index in [1.807, 2.05) is 0 Å². The molecule has 1 aliphatic heterocycles. The SMILES string of the molecule is CN/N=C\C(=C(\Cl)C=O)N1CCc2c(nc(CO)nc2Oc2ccc(F)cc2C(F)F)C1. The second-order valence-corrected chi connectivity index (χ2v) is 7.02. The molecule has 2 aromatic rings. The first kappa shape index (κ1) is 23.5. The minimum absolute atomic E-state index is 0.0110. The lowest BCUT2D eigenvalue weighted by Gasteiger charge is -2.31. The molecular formula is C20H19ClF3N5O3. The number of carbonyl (C=O) groups excluding carboxylic acids is 1. The number of hydrogen-bond donors (Lipinski definition) is 2. The van der Waals surface area contributed by atoms with Gasteiger partial charge >= 0.3 is 0 Å². The van der Waals surface area contributed by atoms with Gasteiger partial charge in [0.1, 0.15) is 23.2 Å². The first-order valence-corrected chi connectivity index (χ1v) is 9.80. The standard InChI is InChI=1S/C20H19ClF3N5O3/c1-25-26-7-16(14(21)9-30)29-5-4-12-15(8-29)27-18(10-31)28-20(12)32-17-3-2-11(22)6-13(17)19(23)24/h2-3,6-7,9,19,25,31H,4-5,8,10H2,1H3/b16-14-,26-7-. The predicted molar refractivity (Wildman–Crippen MR) is 110 cm³/mol. The Morgan fingerprint density at radius 2 is 2.22 bits per heavy atom. The zero-order chi connectivity index (χ0) is 23.3. The Kier molecular flexibility index (Phi) is 7.65. The van der Waals surface area contributed by atoms with Gasteiger partial charge in [-0.15, -0.1) is 0 Å². The molecule has 0 fully saturated rings. The fourth-order valence-corrected chi connectivity index (χ4v) is 3.34. The summed E-state index contributed by atoms with van der Waals surface area (Å²) in [5.41, 5.74) is 3.30. The number of nitrogens with one attached hydrogen (secondary N) is 1. The zero-order valence-corrected chi connectivity index (χ0v) is 17.6. The average molecular weight is 470 g/mol. The van der Waals surface area contributed by atoms with E-state index >= 15 is 0 Å². The number of ether oxygens (including phenoxy) is 1. The first-order valence-electron chi connectivity index (χ1n) is 9.42. The predicted octanol–water partition coefficient (Wildman–Crippen LogP) is 3.05. The van der Waals surface area contributed by atoms with Crippen LogP contribution in [0.5, 0.6) is 11.6 Å². The summed E-state index contributed by atoms with van der Waals surface area (Å²) in [5.74, 6) is -1.07. The van der Waals surface area contributed by atoms with Crippen molar-refractivity contribution in [2.45, 2.75) is 26.0 Å². The summed E-state index contributed by atoms with van der Waals surface area (Å²) in [6.07, 6.45) is -0.763. The van der Waals surface area contributed by atoms with E-state index in [0.29, 0.717) is 42.3 Å². The van der Waals surface area contributed by atoms with Crippen LogP contribution in [0.2, 0.25) is 0 Å². The molecule has 2 heterocycles. The minimum atomic E-state index is -2.96. The van der Waals surface area contributed by atoms with Crippen molar-refractivity contribution in [3.63, 3.8) is 0 Å². The average Bonchev–Trinajstić information content (AvgIpc) is 2.79. The van der Waals surface area contributed by atoms with Gasteiger partial charge in [-0.1, -0.05) is 11.6 Å². The molecule has 2 N–H and O–H groups in total. The van der Waals surface area contributed by atoms with Gasteiger partial charge in [-0.3, -0.25) is 4.79 Å². The summed E-state index contributed by atoms with van der Waals surface area (Å²) in [4.78, 5) is 21.4. The van der Waals surface area contributed by atoms with Gasteiger partial charge in [-0.2, -0.15) is 10.1 Å². The van der Waals surface area contributed by atoms with Crippen LogP contribution in [0, 0.1) is 5.82 Å². The molecule has 0 radical (unpaired) electrons. The van der Waals surface area contributed by atoms with Crippen molar-refractivity contribution >= 4 is 24.1 Å². The van der Waals surface area contributed by atoms with Crippen molar-refractivity contribution < 1.29 is 27.8 Å². The van der Waals surface area contributed by atoms with Gasteiger partial charge in [0.15, 0.2) is 12.1 Å². The Balaban J connectivity index is 2.00. The molecule has 0 aliphatic carbocycles. The molecule has 0 unspecified atom stereocenters. The van der Waals surface area contributed by atoms with E-state index in [1.165, 1.54) is 6.21 Å². The lowest BCUT2D eigenvalue weighted by molar-refractivity contribution is -0.104. The summed E-state index contributed by atoms with van der Waals surface area (Å²) < 4.78 is 45.8. The molecule has 0 bridgehead atoms. The van der Waals surface area contributed by atoms with Crippen molar-refractivity contribution in [1.82, 2.24) is 20.3 Å². The maximum atomic E-state index is 13.4. The van der Waals surface area contributed by atoms with Gasteiger partial charge in [0.2, 0.25) is 5.88 Å². The summed E-state index contributed by atoms with van der Waals surface area (Å²) in [6, 6.07) is 2.79. The van der Waals surface area contributed by atoms with Crippen LogP contribution in [0.3, 0.4) is 0 Å². The number of allylic oxidation sites excluding steroid dienone is 2. The Labute approximate surface area is 186 Å². The minimum Gasteiger partial charge on any atom is -0.438 e. The number of aliphatic hydroxyl groups excluding tert-OH is 1. The number of benzene rings is 1. The van der Waals surface area contributed by atoms with Gasteiger partial charge in [0, 0.05) is 19.2 Å². The monoisotopic (exact) mass is 469 g/mol. The lowest BCUT2D eigenvalue weighted by atomic mass is 10.1. The van der Waals surface area contributed by atoms with Crippen molar-refractivity contribution in [2.24, 2.45) is 5.10 Å². The number of alkyl halides is 2. The van der Waals surface area contributed by atoms with Crippen molar-refractivity contribution in [3.8, 4) is 11.6 Å². The fraction of sp³-hybridized carbons (Fsp3) is 0.300. The zero-order valence-electron chi connectivity index (χ0n) is 16.9. The van der Waals surface area contributed by atoms with Gasteiger partial charge < -0.3 is 20.2 Å². The maximum absolute atomic E-state index is 13.4. The van der Waals surface area contributed by atoms with Crippen LogP contribution in [0.25, 0.3) is 0 Å². The number of hydrazone groups is 1. The van der Waals surface area contributed by atoms with E-state index in [4.69, 9.17) is 16.3 Å². The van der Waals surface area contributed by atoms with Crippen molar-refractivity contribution in [3.05, 3.63) is 57.4 Å². The number of aromatic nitrogens is 2. The molecule has 12 heteroatoms. The molecule has 0 amide bonds. The van der Waals surface area contributed by atoms with Crippen molar-refractivity contribution in [1.29, 1.82) is 0 Å². The molecule has 3 rings (SSSR count). The summed E-state index contributed by atoms with van der Waals surface area (Å²) >= 11 is 6.04. The van der Waals surface area contributed by atoms with Gasteiger partial charge in [0.25, 0.3) is 6.43 Å². The Morgan fingerprint density at radius 3 is 2.88 bits per heavy atom. The lowest BCUT2D eigenvalue weighted by Crippen LogP contribution is -2.33. The number of carbonyl (C=O) groups is 1.